The van der Waals surface area contributed by atoms with E-state index in [2.05, 4.69) is 17.2 Å². The van der Waals surface area contributed by atoms with Gasteiger partial charge < -0.3 is 16.2 Å². The lowest BCUT2D eigenvalue weighted by Gasteiger charge is -2.34. The first-order valence-electron chi connectivity index (χ1n) is 6.42. The van der Waals surface area contributed by atoms with E-state index >= 15 is 0 Å². The van der Waals surface area contributed by atoms with Crippen LogP contribution in [-0.2, 0) is 0 Å². The molecule has 0 aromatic rings. The molecule has 0 atom stereocenters. The molecule has 0 bridgehead atoms. The van der Waals surface area contributed by atoms with Gasteiger partial charge in [0, 0.05) is 6.54 Å². The van der Waals surface area contributed by atoms with E-state index in [9.17, 15) is 5.11 Å². The van der Waals surface area contributed by atoms with Crippen LogP contribution in [0, 0.1) is 0 Å². The zero-order chi connectivity index (χ0) is 11.9. The monoisotopic (exact) mass is 355 g/mol. The van der Waals surface area contributed by atoms with Crippen LogP contribution in [0.25, 0.3) is 0 Å². The molecule has 17 heavy (non-hydrogen) atoms. The highest BCUT2D eigenvalue weighted by atomic mass is 127. The molecule has 4 nitrogen and oxygen atoms in total. The molecule has 0 aliphatic heterocycles. The van der Waals surface area contributed by atoms with E-state index in [-0.39, 0.29) is 24.0 Å². The number of rotatable bonds is 7. The van der Waals surface area contributed by atoms with Gasteiger partial charge in [-0.3, -0.25) is 4.99 Å². The average Bonchev–Trinajstić information content (AvgIpc) is 2.23. The number of nitrogens with one attached hydrogen (secondary N) is 1. The van der Waals surface area contributed by atoms with Crippen LogP contribution in [0.4, 0.5) is 0 Å². The summed E-state index contributed by atoms with van der Waals surface area (Å²) in [7, 11) is 0. The van der Waals surface area contributed by atoms with Crippen molar-refractivity contribution in [2.45, 2.75) is 57.5 Å². The third-order valence-electron chi connectivity index (χ3n) is 3.16. The Labute approximate surface area is 121 Å². The van der Waals surface area contributed by atoms with Crippen LogP contribution in [0.1, 0.15) is 51.9 Å². The zero-order valence-electron chi connectivity index (χ0n) is 10.7. The molecule has 1 aliphatic rings. The maximum Gasteiger partial charge on any atom is 0.188 e. The van der Waals surface area contributed by atoms with Gasteiger partial charge in [-0.1, -0.05) is 26.2 Å². The molecule has 5 heteroatoms. The molecule has 0 spiro atoms. The molecule has 0 aromatic carbocycles. The Balaban J connectivity index is 0.00000256. The van der Waals surface area contributed by atoms with Crippen LogP contribution in [-0.4, -0.2) is 29.8 Å². The Bertz CT molecular complexity index is 230. The van der Waals surface area contributed by atoms with Crippen LogP contribution in [0.2, 0.25) is 0 Å². The molecule has 1 fully saturated rings. The molecule has 1 saturated carbocycles. The molecule has 102 valence electrons. The van der Waals surface area contributed by atoms with Gasteiger partial charge in [0.25, 0.3) is 0 Å². The standard InChI is InChI=1S/C12H25N3O.HI/c1-2-3-4-5-9-14-11(13)15-10-12(16)7-6-8-12;/h16H,2-10H2,1H3,(H3,13,14,15);1H. The van der Waals surface area contributed by atoms with E-state index in [1.54, 1.807) is 0 Å². The summed E-state index contributed by atoms with van der Waals surface area (Å²) in [6.45, 7) is 3.52. The predicted molar refractivity (Wildman–Crippen MR) is 82.8 cm³/mol. The minimum atomic E-state index is -0.561. The molecular weight excluding hydrogens is 329 g/mol. The second-order valence-corrected chi connectivity index (χ2v) is 4.77. The smallest absolute Gasteiger partial charge is 0.188 e. The van der Waals surface area contributed by atoms with E-state index in [1.807, 2.05) is 0 Å². The summed E-state index contributed by atoms with van der Waals surface area (Å²) in [6.07, 6.45) is 7.72. The van der Waals surface area contributed by atoms with Gasteiger partial charge in [-0.25, -0.2) is 0 Å². The van der Waals surface area contributed by atoms with Crippen molar-refractivity contribution in [3.63, 3.8) is 0 Å². The zero-order valence-corrected chi connectivity index (χ0v) is 13.1. The summed E-state index contributed by atoms with van der Waals surface area (Å²) < 4.78 is 0. The first-order valence-corrected chi connectivity index (χ1v) is 6.42. The van der Waals surface area contributed by atoms with Gasteiger partial charge in [0.1, 0.15) is 0 Å². The Morgan fingerprint density at radius 3 is 2.59 bits per heavy atom. The van der Waals surface area contributed by atoms with Gasteiger partial charge >= 0.3 is 0 Å². The Morgan fingerprint density at radius 2 is 2.06 bits per heavy atom. The van der Waals surface area contributed by atoms with Crippen molar-refractivity contribution >= 4 is 29.9 Å². The molecule has 0 heterocycles. The van der Waals surface area contributed by atoms with Crippen molar-refractivity contribution in [2.75, 3.05) is 13.1 Å². The largest absolute Gasteiger partial charge is 0.388 e. The van der Waals surface area contributed by atoms with Gasteiger partial charge in [-0.05, 0) is 25.7 Å². The van der Waals surface area contributed by atoms with Crippen LogP contribution in [0.15, 0.2) is 4.99 Å². The summed E-state index contributed by atoms with van der Waals surface area (Å²) in [5.74, 6) is 0.469. The lowest BCUT2D eigenvalue weighted by molar-refractivity contribution is -0.0235. The second-order valence-electron chi connectivity index (χ2n) is 4.77. The summed E-state index contributed by atoms with van der Waals surface area (Å²) in [6, 6.07) is 0. The molecule has 0 radical (unpaired) electrons. The lowest BCUT2D eigenvalue weighted by Crippen LogP contribution is -2.42. The molecule has 0 aromatic heterocycles. The van der Waals surface area contributed by atoms with Crippen molar-refractivity contribution in [3.05, 3.63) is 0 Å². The highest BCUT2D eigenvalue weighted by Gasteiger charge is 2.33. The first kappa shape index (κ1) is 17.0. The van der Waals surface area contributed by atoms with E-state index in [1.165, 1.54) is 19.3 Å². The summed E-state index contributed by atoms with van der Waals surface area (Å²) in [5.41, 5.74) is 5.14. The summed E-state index contributed by atoms with van der Waals surface area (Å²) in [5, 5.41) is 12.9. The van der Waals surface area contributed by atoms with Crippen molar-refractivity contribution in [3.8, 4) is 0 Å². The predicted octanol–water partition coefficient (Wildman–Crippen LogP) is 2.00. The fraction of sp³-hybridized carbons (Fsp3) is 0.917. The van der Waals surface area contributed by atoms with Crippen LogP contribution in [0.3, 0.4) is 0 Å². The van der Waals surface area contributed by atoms with Crippen LogP contribution in [0.5, 0.6) is 0 Å². The third kappa shape index (κ3) is 7.08. The number of hydrogen-bond acceptors (Lipinski definition) is 2. The van der Waals surface area contributed by atoms with Gasteiger partial charge in [0.2, 0.25) is 0 Å². The topological polar surface area (TPSA) is 70.6 Å². The summed E-state index contributed by atoms with van der Waals surface area (Å²) >= 11 is 0. The quantitative estimate of drug-likeness (QED) is 0.283. The number of unbranched alkanes of at least 4 members (excludes halogenated alkanes) is 3. The van der Waals surface area contributed by atoms with Crippen LogP contribution < -0.4 is 11.1 Å². The maximum absolute atomic E-state index is 9.81. The normalized spacial score (nSPS) is 18.1. The fourth-order valence-electron chi connectivity index (χ4n) is 1.80. The molecule has 1 aliphatic carbocycles. The average molecular weight is 355 g/mol. The van der Waals surface area contributed by atoms with E-state index in [4.69, 9.17) is 5.73 Å². The van der Waals surface area contributed by atoms with Gasteiger partial charge in [-0.2, -0.15) is 0 Å². The third-order valence-corrected chi connectivity index (χ3v) is 3.16. The van der Waals surface area contributed by atoms with Crippen molar-refractivity contribution in [1.29, 1.82) is 0 Å². The number of aliphatic imine (C=N–C) groups is 1. The van der Waals surface area contributed by atoms with Crippen molar-refractivity contribution in [2.24, 2.45) is 10.7 Å². The van der Waals surface area contributed by atoms with Crippen molar-refractivity contribution in [1.82, 2.24) is 5.32 Å². The fourth-order valence-corrected chi connectivity index (χ4v) is 1.80. The Kier molecular flexibility index (Phi) is 8.94. The Hall–Kier alpha value is -0.0400. The SMILES string of the molecule is CCCCCCNC(N)=NCC1(O)CCC1.I. The molecule has 1 rings (SSSR count). The molecular formula is C12H26IN3O. The van der Waals surface area contributed by atoms with Gasteiger partial charge in [-0.15, -0.1) is 24.0 Å². The molecule has 0 amide bonds. The highest BCUT2D eigenvalue weighted by molar-refractivity contribution is 14.0. The lowest BCUT2D eigenvalue weighted by atomic mass is 9.80. The molecule has 4 N–H and O–H groups in total. The van der Waals surface area contributed by atoms with E-state index in [0.29, 0.717) is 12.5 Å². The number of guanidine groups is 1. The summed E-state index contributed by atoms with van der Waals surface area (Å²) in [4.78, 5) is 4.17. The second kappa shape index (κ2) is 8.97. The van der Waals surface area contributed by atoms with Crippen molar-refractivity contribution < 1.29 is 5.11 Å². The number of aliphatic hydroxyl groups is 1. The minimum absolute atomic E-state index is 0. The number of nitrogens with zero attached hydrogens (tertiary/aromatic N) is 1. The van der Waals surface area contributed by atoms with Gasteiger partial charge in [0.05, 0.1) is 12.1 Å². The molecule has 0 unspecified atom stereocenters. The number of nitrogens with two attached hydrogens (primary N) is 1. The number of hydrogen-bond donors (Lipinski definition) is 3. The highest BCUT2D eigenvalue weighted by Crippen LogP contribution is 2.31. The number of halogens is 1. The molecule has 0 saturated heterocycles. The van der Waals surface area contributed by atoms with Gasteiger partial charge in [0.15, 0.2) is 5.96 Å². The van der Waals surface area contributed by atoms with E-state index in [0.717, 1.165) is 32.2 Å². The first-order chi connectivity index (χ1) is 7.66. The minimum Gasteiger partial charge on any atom is -0.388 e. The Morgan fingerprint density at radius 1 is 1.35 bits per heavy atom. The van der Waals surface area contributed by atoms with E-state index < -0.39 is 5.60 Å². The maximum atomic E-state index is 9.81. The van der Waals surface area contributed by atoms with Crippen LogP contribution >= 0.6 is 24.0 Å².